The van der Waals surface area contributed by atoms with Crippen LogP contribution in [0, 0.1) is 0 Å². The molecule has 0 aliphatic carbocycles. The van der Waals surface area contributed by atoms with Gasteiger partial charge in [0, 0.05) is 11.3 Å². The fraction of sp³-hybridized carbons (Fsp3) is 0.250. The lowest BCUT2D eigenvalue weighted by molar-refractivity contribution is -0.121. The molecule has 0 spiro atoms. The number of thiazole rings is 1. The third-order valence-electron chi connectivity index (χ3n) is 4.92. The molecule has 1 aromatic heterocycles. The monoisotopic (exact) mass is 411 g/mol. The molecule has 2 aromatic carbocycles. The molecule has 1 unspecified atom stereocenters. The van der Waals surface area contributed by atoms with Gasteiger partial charge >= 0.3 is 0 Å². The summed E-state index contributed by atoms with van der Waals surface area (Å²) < 4.78 is 6.48. The van der Waals surface area contributed by atoms with Gasteiger partial charge in [-0.3, -0.25) is 19.8 Å². The van der Waals surface area contributed by atoms with E-state index in [-0.39, 0.29) is 11.8 Å². The van der Waals surface area contributed by atoms with Gasteiger partial charge in [0.05, 0.1) is 22.5 Å². The molecule has 2 amide bonds. The van der Waals surface area contributed by atoms with E-state index < -0.39 is 4.87 Å². The zero-order valence-electron chi connectivity index (χ0n) is 15.1. The Morgan fingerprint density at radius 1 is 1.32 bits per heavy atom. The molecule has 5 rings (SSSR count). The van der Waals surface area contributed by atoms with Crippen molar-refractivity contribution < 1.29 is 14.3 Å². The largest absolute Gasteiger partial charge is 0.494 e. The number of amides is 2. The maximum absolute atomic E-state index is 13.3. The van der Waals surface area contributed by atoms with Gasteiger partial charge in [-0.05, 0) is 43.7 Å². The number of anilines is 2. The molecule has 1 saturated heterocycles. The summed E-state index contributed by atoms with van der Waals surface area (Å²) in [5.41, 5.74) is 1.62. The van der Waals surface area contributed by atoms with E-state index in [1.165, 1.54) is 23.1 Å². The Kier molecular flexibility index (Phi) is 4.06. The summed E-state index contributed by atoms with van der Waals surface area (Å²) in [7, 11) is 0. The Labute approximate surface area is 169 Å². The number of hydrogen-bond acceptors (Lipinski definition) is 6. The number of carbonyl (C=O) groups is 2. The topological polar surface area (TPSA) is 71.5 Å². The van der Waals surface area contributed by atoms with E-state index in [0.717, 1.165) is 26.5 Å². The van der Waals surface area contributed by atoms with Crippen LogP contribution in [-0.2, 0) is 9.59 Å². The van der Waals surface area contributed by atoms with Crippen LogP contribution in [0.3, 0.4) is 0 Å². The molecule has 142 valence electrons. The smallest absolute Gasteiger partial charge is 0.263 e. The third kappa shape index (κ3) is 2.59. The normalized spacial score (nSPS) is 20.3. The molecule has 0 radical (unpaired) electrons. The zero-order chi connectivity index (χ0) is 19.3. The van der Waals surface area contributed by atoms with Crippen molar-refractivity contribution in [1.82, 2.24) is 4.98 Å². The van der Waals surface area contributed by atoms with Crippen molar-refractivity contribution in [3.8, 4) is 5.75 Å². The number of aromatic nitrogens is 1. The van der Waals surface area contributed by atoms with Gasteiger partial charge in [0.15, 0.2) is 10.0 Å². The predicted octanol–water partition coefficient (Wildman–Crippen LogP) is 4.26. The number of hydrogen-bond donors (Lipinski definition) is 1. The Bertz CT molecular complexity index is 1110. The lowest BCUT2D eigenvalue weighted by Gasteiger charge is -2.29. The van der Waals surface area contributed by atoms with Crippen LogP contribution in [0.2, 0.25) is 0 Å². The Morgan fingerprint density at radius 3 is 3.04 bits per heavy atom. The van der Waals surface area contributed by atoms with E-state index in [1.807, 2.05) is 49.4 Å². The number of thioether (sulfide) groups is 1. The van der Waals surface area contributed by atoms with Gasteiger partial charge in [-0.25, -0.2) is 4.98 Å². The van der Waals surface area contributed by atoms with Crippen LogP contribution in [0.4, 0.5) is 10.8 Å². The molecule has 0 bridgehead atoms. The summed E-state index contributed by atoms with van der Waals surface area (Å²) in [5, 5.41) is 3.48. The molecule has 0 saturated carbocycles. The first-order valence-electron chi connectivity index (χ1n) is 9.07. The highest BCUT2D eigenvalue weighted by molar-refractivity contribution is 8.02. The van der Waals surface area contributed by atoms with Gasteiger partial charge < -0.3 is 4.74 Å². The first-order valence-corrected chi connectivity index (χ1v) is 10.7. The number of fused-ring (bicyclic) bond motifs is 4. The molecule has 1 N–H and O–H groups in total. The van der Waals surface area contributed by atoms with E-state index in [9.17, 15) is 9.59 Å². The van der Waals surface area contributed by atoms with E-state index in [1.54, 1.807) is 4.90 Å². The maximum Gasteiger partial charge on any atom is 0.263 e. The molecular formula is C20H17N3O3S2. The number of benzene rings is 2. The van der Waals surface area contributed by atoms with Gasteiger partial charge in [-0.1, -0.05) is 35.2 Å². The number of nitrogens with one attached hydrogen (secondary N) is 1. The molecule has 28 heavy (non-hydrogen) atoms. The van der Waals surface area contributed by atoms with Crippen molar-refractivity contribution in [2.45, 2.75) is 29.5 Å². The van der Waals surface area contributed by atoms with Crippen molar-refractivity contribution >= 4 is 55.9 Å². The average molecular weight is 412 g/mol. The standard InChI is InChI=1S/C20H17N3O3S2/c1-2-26-12-7-8-13-16(11-12)27-19(21-13)22-18(25)20-10-9-17(24)23(20)14-5-3-4-6-15(14)28-20/h3-8,11H,2,9-10H2,1H3,(H,21,22,25). The Hall–Kier alpha value is -2.58. The van der Waals surface area contributed by atoms with Crippen LogP contribution in [0.1, 0.15) is 19.8 Å². The van der Waals surface area contributed by atoms with Crippen molar-refractivity contribution in [1.29, 1.82) is 0 Å². The Morgan fingerprint density at radius 2 is 2.18 bits per heavy atom. The van der Waals surface area contributed by atoms with Gasteiger partial charge in [0.25, 0.3) is 5.91 Å². The molecule has 3 aromatic rings. The van der Waals surface area contributed by atoms with E-state index in [4.69, 9.17) is 4.74 Å². The summed E-state index contributed by atoms with van der Waals surface area (Å²) >= 11 is 2.86. The van der Waals surface area contributed by atoms with Crippen molar-refractivity contribution in [3.63, 3.8) is 0 Å². The van der Waals surface area contributed by atoms with Gasteiger partial charge in [0.1, 0.15) is 5.75 Å². The summed E-state index contributed by atoms with van der Waals surface area (Å²) in [6, 6.07) is 13.3. The number of rotatable bonds is 4. The molecule has 1 atom stereocenters. The van der Waals surface area contributed by atoms with Crippen LogP contribution >= 0.6 is 23.1 Å². The number of ether oxygens (including phenoxy) is 1. The van der Waals surface area contributed by atoms with Crippen LogP contribution in [-0.4, -0.2) is 28.3 Å². The molecule has 6 nitrogen and oxygen atoms in total. The zero-order valence-corrected chi connectivity index (χ0v) is 16.7. The van der Waals surface area contributed by atoms with Gasteiger partial charge in [-0.15, -0.1) is 0 Å². The molecule has 2 aliphatic heterocycles. The number of nitrogens with zero attached hydrogens (tertiary/aromatic N) is 2. The van der Waals surface area contributed by atoms with Crippen LogP contribution in [0.15, 0.2) is 47.4 Å². The van der Waals surface area contributed by atoms with Crippen molar-refractivity contribution in [3.05, 3.63) is 42.5 Å². The second-order valence-corrected chi connectivity index (χ2v) is 8.97. The average Bonchev–Trinajstić information content (AvgIpc) is 3.33. The number of para-hydroxylation sites is 1. The fourth-order valence-electron chi connectivity index (χ4n) is 3.71. The minimum Gasteiger partial charge on any atom is -0.494 e. The van der Waals surface area contributed by atoms with Crippen LogP contribution < -0.4 is 15.0 Å². The van der Waals surface area contributed by atoms with E-state index >= 15 is 0 Å². The van der Waals surface area contributed by atoms with Crippen molar-refractivity contribution in [2.75, 3.05) is 16.8 Å². The van der Waals surface area contributed by atoms with E-state index in [0.29, 0.717) is 24.6 Å². The summed E-state index contributed by atoms with van der Waals surface area (Å²) in [5.74, 6) is 0.561. The highest BCUT2D eigenvalue weighted by Crippen LogP contribution is 2.56. The number of carbonyl (C=O) groups excluding carboxylic acids is 2. The highest BCUT2D eigenvalue weighted by Gasteiger charge is 2.57. The molecule has 8 heteroatoms. The molecule has 2 aliphatic rings. The molecule has 1 fully saturated rings. The lowest BCUT2D eigenvalue weighted by atomic mass is 10.2. The maximum atomic E-state index is 13.3. The quantitative estimate of drug-likeness (QED) is 0.694. The second kappa shape index (κ2) is 6.49. The summed E-state index contributed by atoms with van der Waals surface area (Å²) in [6.45, 7) is 2.53. The Balaban J connectivity index is 1.45. The minimum absolute atomic E-state index is 0.0155. The van der Waals surface area contributed by atoms with Gasteiger partial charge in [0.2, 0.25) is 5.91 Å². The first-order chi connectivity index (χ1) is 13.6. The molecule has 3 heterocycles. The second-order valence-electron chi connectivity index (χ2n) is 6.62. The predicted molar refractivity (Wildman–Crippen MR) is 111 cm³/mol. The first kappa shape index (κ1) is 17.5. The van der Waals surface area contributed by atoms with E-state index in [2.05, 4.69) is 10.3 Å². The third-order valence-corrected chi connectivity index (χ3v) is 7.33. The van der Waals surface area contributed by atoms with Crippen LogP contribution in [0.25, 0.3) is 10.2 Å². The minimum atomic E-state index is -0.935. The van der Waals surface area contributed by atoms with Gasteiger partial charge in [-0.2, -0.15) is 0 Å². The SMILES string of the molecule is CCOc1ccc2nc(NC(=O)C34CCC(=O)N3c3ccccc3S4)sc2c1. The molecular weight excluding hydrogens is 394 g/mol. The summed E-state index contributed by atoms with van der Waals surface area (Å²) in [4.78, 5) is 32.0. The summed E-state index contributed by atoms with van der Waals surface area (Å²) in [6.07, 6.45) is 0.850. The highest BCUT2D eigenvalue weighted by atomic mass is 32.2. The fourth-order valence-corrected chi connectivity index (χ4v) is 6.01. The lowest BCUT2D eigenvalue weighted by Crippen LogP contribution is -2.49. The van der Waals surface area contributed by atoms with Crippen LogP contribution in [0.5, 0.6) is 5.75 Å². The van der Waals surface area contributed by atoms with Crippen molar-refractivity contribution in [2.24, 2.45) is 0 Å².